The molecule has 24 heteroatoms. The number of carbonyl (C=O) groups is 1. The molecule has 4 N–H and O–H groups in total. The first-order valence-electron chi connectivity index (χ1n) is 30.8. The number of anilines is 5. The molecule has 0 bridgehead atoms. The van der Waals surface area contributed by atoms with Crippen LogP contribution in [0.3, 0.4) is 0 Å². The number of aromatic nitrogens is 3. The van der Waals surface area contributed by atoms with Crippen molar-refractivity contribution in [3.8, 4) is 23.1 Å². The maximum absolute atomic E-state index is 15.0. The van der Waals surface area contributed by atoms with Gasteiger partial charge >= 0.3 is 0 Å². The number of hydrogen-bond donors (Lipinski definition) is 4. The van der Waals surface area contributed by atoms with Crippen LogP contribution in [-0.2, 0) is 30.8 Å². The standard InChI is InChI=1S/C63H73N11O12S/c1-37(2)85-54-6-4-3-5-43(54)52-32-71(53-35-82-33-47-45(53)29-56-60(67-47)65-16-24-83-56)19-20-72(52)41-30-63(31-41)13-17-70(18-14-63)40-7-8-44(49(26-40)73-48-12-23-81-36-57(48)86-62-51(73)25-39-9-15-64-59(39)68-62)61(75)69-87(78,79)42-27-50(74(76)77)58-55(28-42)84-34-46(66-58)38-10-21-80-22-11-38/h3-9,15,25-29,37-38,41,46,48,52-53,57,66H,10-14,16-24,30-36H2,1-2H3,(H,64,68)(H,65,67)(H,69,75)/t46-,48-,52-,53+,57-/m0/s1. The second-order valence-corrected chi connectivity index (χ2v) is 26.8. The number of piperazine rings is 1. The first-order valence-corrected chi connectivity index (χ1v) is 32.3. The van der Waals surface area contributed by atoms with Gasteiger partial charge in [-0.3, -0.25) is 24.7 Å². The van der Waals surface area contributed by atoms with Crippen molar-refractivity contribution < 1.29 is 51.3 Å². The van der Waals surface area contributed by atoms with Crippen molar-refractivity contribution in [3.05, 3.63) is 111 Å². The molecule has 5 atom stereocenters. The van der Waals surface area contributed by atoms with Crippen molar-refractivity contribution in [1.82, 2.24) is 29.5 Å². The number of para-hydroxylation sites is 1. The molecule has 1 aliphatic carbocycles. The number of H-pyrrole nitrogens is 1. The van der Waals surface area contributed by atoms with Gasteiger partial charge in [0.15, 0.2) is 23.0 Å². The normalized spacial score (nSPS) is 24.8. The molecule has 23 nitrogen and oxygen atoms in total. The van der Waals surface area contributed by atoms with Crippen molar-refractivity contribution in [3.63, 3.8) is 0 Å². The van der Waals surface area contributed by atoms with Crippen LogP contribution in [0.15, 0.2) is 83.9 Å². The number of nitrogens with zero attached hydrogens (tertiary/aromatic N) is 7. The van der Waals surface area contributed by atoms with Gasteiger partial charge in [0, 0.05) is 93.6 Å². The van der Waals surface area contributed by atoms with E-state index >= 15 is 0 Å². The maximum atomic E-state index is 15.0. The zero-order chi connectivity index (χ0) is 59.1. The molecule has 8 aliphatic heterocycles. The van der Waals surface area contributed by atoms with Gasteiger partial charge in [-0.05, 0) is 118 Å². The number of rotatable bonds is 12. The van der Waals surface area contributed by atoms with Crippen LogP contribution in [0.1, 0.15) is 98.1 Å². The van der Waals surface area contributed by atoms with E-state index < -0.39 is 37.5 Å². The molecule has 458 valence electrons. The minimum Gasteiger partial charge on any atom is -0.491 e. The van der Waals surface area contributed by atoms with Crippen LogP contribution in [0, 0.1) is 21.4 Å². The molecular weight excluding hydrogens is 1130 g/mol. The van der Waals surface area contributed by atoms with E-state index in [0.717, 1.165) is 118 Å². The number of piperidine rings is 1. The molecule has 0 unspecified atom stereocenters. The summed E-state index contributed by atoms with van der Waals surface area (Å²) in [6.07, 6.45) is 7.53. The maximum Gasteiger partial charge on any atom is 0.297 e. The predicted octanol–water partition coefficient (Wildman–Crippen LogP) is 8.24. The number of hydrogen-bond acceptors (Lipinski definition) is 20. The monoisotopic (exact) mass is 1210 g/mol. The SMILES string of the molecule is CC(C)Oc1ccccc1[C@@H]1CN([C@@H]2COCc3nc4c(cc32)OCCN4)CCN1C1CC2(CCN(c3ccc(C(=O)NS(=O)(=O)c4cc5c(c([N+](=O)[O-])c4)N[C@H](C4CCOCC4)CO5)c(N4c5cc6cc[nH]c6nc5O[C@H]5COCC[C@@H]54)c3)CC2)C1. The van der Waals surface area contributed by atoms with Gasteiger partial charge in [0.2, 0.25) is 5.88 Å². The van der Waals surface area contributed by atoms with Crippen molar-refractivity contribution in [2.24, 2.45) is 11.3 Å². The molecule has 15 rings (SSSR count). The Bertz CT molecular complexity index is 3750. The zero-order valence-electron chi connectivity index (χ0n) is 48.9. The Labute approximate surface area is 504 Å². The molecule has 1 spiro atoms. The van der Waals surface area contributed by atoms with Gasteiger partial charge in [0.05, 0.1) is 83.4 Å². The Morgan fingerprint density at radius 1 is 0.851 bits per heavy atom. The van der Waals surface area contributed by atoms with Gasteiger partial charge in [0.25, 0.3) is 21.6 Å². The summed E-state index contributed by atoms with van der Waals surface area (Å²) in [7, 11) is -4.73. The average molecular weight is 1210 g/mol. The lowest BCUT2D eigenvalue weighted by atomic mass is 9.59. The summed E-state index contributed by atoms with van der Waals surface area (Å²) < 4.78 is 74.4. The van der Waals surface area contributed by atoms with E-state index in [2.05, 4.69) is 84.1 Å². The molecule has 11 heterocycles. The molecule has 0 radical (unpaired) electrons. The average Bonchev–Trinajstić information content (AvgIpc) is 1.65. The Balaban J connectivity index is 0.703. The van der Waals surface area contributed by atoms with Gasteiger partial charge in [-0.2, -0.15) is 4.98 Å². The highest BCUT2D eigenvalue weighted by molar-refractivity contribution is 7.90. The fraction of sp³-hybridized carbons (Fsp3) is 0.508. The third-order valence-corrected chi connectivity index (χ3v) is 20.9. The molecule has 6 aromatic rings. The lowest BCUT2D eigenvalue weighted by Crippen LogP contribution is -2.60. The van der Waals surface area contributed by atoms with E-state index in [4.69, 9.17) is 43.1 Å². The van der Waals surface area contributed by atoms with Crippen molar-refractivity contribution in [2.45, 2.75) is 113 Å². The van der Waals surface area contributed by atoms with Crippen LogP contribution in [0.5, 0.6) is 23.1 Å². The second kappa shape index (κ2) is 22.6. The van der Waals surface area contributed by atoms with E-state index in [1.165, 1.54) is 17.2 Å². The highest BCUT2D eigenvalue weighted by Gasteiger charge is 2.51. The number of amides is 1. The summed E-state index contributed by atoms with van der Waals surface area (Å²) in [5, 5.41) is 20.2. The number of aromatic amines is 1. The number of fused-ring (bicyclic) bond motifs is 6. The smallest absolute Gasteiger partial charge is 0.297 e. The Hall–Kier alpha value is -7.48. The number of ether oxygens (including phenoxy) is 7. The highest BCUT2D eigenvalue weighted by Crippen LogP contribution is 2.55. The first-order chi connectivity index (χ1) is 42.3. The molecule has 1 saturated carbocycles. The molecule has 4 saturated heterocycles. The van der Waals surface area contributed by atoms with Gasteiger partial charge in [-0.1, -0.05) is 18.2 Å². The number of nitro benzene ring substituents is 1. The zero-order valence-corrected chi connectivity index (χ0v) is 49.7. The van der Waals surface area contributed by atoms with Crippen LogP contribution in [0.4, 0.5) is 34.3 Å². The second-order valence-electron chi connectivity index (χ2n) is 25.1. The number of nitro groups is 1. The third-order valence-electron chi connectivity index (χ3n) is 19.6. The van der Waals surface area contributed by atoms with Crippen molar-refractivity contribution in [1.29, 1.82) is 0 Å². The van der Waals surface area contributed by atoms with Crippen LogP contribution in [0.25, 0.3) is 11.0 Å². The Morgan fingerprint density at radius 3 is 2.53 bits per heavy atom. The van der Waals surface area contributed by atoms with Gasteiger partial charge in [0.1, 0.15) is 36.4 Å². The number of nitrogens with one attached hydrogen (secondary N) is 4. The number of carbonyl (C=O) groups excluding carboxylic acids is 1. The quantitative estimate of drug-likeness (QED) is 0.0665. The topological polar surface area (TPSA) is 250 Å². The molecule has 5 fully saturated rings. The van der Waals surface area contributed by atoms with E-state index in [-0.39, 0.29) is 71.8 Å². The summed E-state index contributed by atoms with van der Waals surface area (Å²) in [6.45, 7) is 12.7. The van der Waals surface area contributed by atoms with Crippen LogP contribution < -0.4 is 44.1 Å². The lowest BCUT2D eigenvalue weighted by molar-refractivity contribution is -0.384. The van der Waals surface area contributed by atoms with Crippen LogP contribution in [0.2, 0.25) is 0 Å². The first kappa shape index (κ1) is 56.1. The summed E-state index contributed by atoms with van der Waals surface area (Å²) in [6, 6.07) is 22.4. The van der Waals surface area contributed by atoms with Gasteiger partial charge < -0.3 is 58.6 Å². The van der Waals surface area contributed by atoms with E-state index in [1.54, 1.807) is 6.07 Å². The largest absolute Gasteiger partial charge is 0.491 e. The van der Waals surface area contributed by atoms with E-state index in [9.17, 15) is 23.3 Å². The summed E-state index contributed by atoms with van der Waals surface area (Å²) in [5.74, 6) is 2.13. The summed E-state index contributed by atoms with van der Waals surface area (Å²) in [5.41, 5.74) is 5.83. The third kappa shape index (κ3) is 10.5. The number of sulfonamides is 1. The molecule has 9 aliphatic rings. The molecular formula is C63H73N11O12S. The molecule has 3 aromatic carbocycles. The Morgan fingerprint density at radius 2 is 1.69 bits per heavy atom. The molecule has 87 heavy (non-hydrogen) atoms. The highest BCUT2D eigenvalue weighted by atomic mass is 32.2. The van der Waals surface area contributed by atoms with Crippen LogP contribution >= 0.6 is 0 Å². The fourth-order valence-electron chi connectivity index (χ4n) is 15.1. The van der Waals surface area contributed by atoms with E-state index in [0.29, 0.717) is 75.0 Å². The molecule has 1 amide bonds. The lowest BCUT2D eigenvalue weighted by Gasteiger charge is -2.58. The number of benzene rings is 3. The molecule has 3 aromatic heterocycles. The predicted molar refractivity (Wildman–Crippen MR) is 323 cm³/mol. The van der Waals surface area contributed by atoms with E-state index in [1.807, 2.05) is 30.5 Å². The fourth-order valence-corrected chi connectivity index (χ4v) is 16.1. The minimum absolute atomic E-state index is 0.0149. The summed E-state index contributed by atoms with van der Waals surface area (Å²) >= 11 is 0. The van der Waals surface area contributed by atoms with Gasteiger partial charge in [-0.25, -0.2) is 18.1 Å². The minimum atomic E-state index is -4.73. The van der Waals surface area contributed by atoms with Crippen LogP contribution in [-0.4, -0.2) is 160 Å². The Kier molecular flexibility index (Phi) is 14.6. The van der Waals surface area contributed by atoms with Crippen molar-refractivity contribution >= 4 is 61.2 Å². The van der Waals surface area contributed by atoms with Crippen molar-refractivity contribution in [2.75, 3.05) is 106 Å². The van der Waals surface area contributed by atoms with Gasteiger partial charge in [-0.15, -0.1) is 0 Å². The number of pyridine rings is 2. The summed E-state index contributed by atoms with van der Waals surface area (Å²) in [4.78, 5) is 49.4.